The van der Waals surface area contributed by atoms with Gasteiger partial charge in [0.15, 0.2) is 5.75 Å². The van der Waals surface area contributed by atoms with Crippen LogP contribution in [0.15, 0.2) is 54.7 Å². The molecule has 3 rings (SSSR count). The number of carbonyl (C=O) groups excluding carboxylic acids is 1. The Morgan fingerprint density at radius 3 is 2.09 bits per heavy atom. The number of halogens is 6. The van der Waals surface area contributed by atoms with Crippen molar-refractivity contribution in [2.45, 2.75) is 32.1 Å². The minimum absolute atomic E-state index is 0.179. The van der Waals surface area contributed by atoms with Gasteiger partial charge in [-0.25, -0.2) is 0 Å². The molecule has 0 aliphatic rings. The molecule has 34 heavy (non-hydrogen) atoms. The summed E-state index contributed by atoms with van der Waals surface area (Å²) in [6, 6.07) is 8.22. The van der Waals surface area contributed by atoms with E-state index in [1.165, 1.54) is 24.4 Å². The fraction of sp³-hybridized carbons (Fsp3) is 0.217. The van der Waals surface area contributed by atoms with E-state index in [9.17, 15) is 36.2 Å². The SMILES string of the molecule is CC(C)c1cc(Oc2c(C(F)(F)F)cc(NC(=O)c3ccccn3)cc2C(F)(F)F)ccc1O. The second kappa shape index (κ2) is 9.24. The van der Waals surface area contributed by atoms with Gasteiger partial charge in [0.1, 0.15) is 28.3 Å². The highest BCUT2D eigenvalue weighted by Gasteiger charge is 2.43. The van der Waals surface area contributed by atoms with Crippen LogP contribution in [0.3, 0.4) is 0 Å². The van der Waals surface area contributed by atoms with E-state index >= 15 is 0 Å². The molecule has 0 atom stereocenters. The topological polar surface area (TPSA) is 71.5 Å². The lowest BCUT2D eigenvalue weighted by atomic mass is 10.0. The number of ether oxygens (including phenoxy) is 1. The fourth-order valence-corrected chi connectivity index (χ4v) is 3.10. The number of rotatable bonds is 5. The molecule has 0 unspecified atom stereocenters. The number of hydrogen-bond donors (Lipinski definition) is 2. The molecule has 2 aromatic carbocycles. The molecular weight excluding hydrogens is 466 g/mol. The molecular formula is C23H18F6N2O3. The van der Waals surface area contributed by atoms with Crippen LogP contribution in [0.5, 0.6) is 17.2 Å². The number of alkyl halides is 6. The van der Waals surface area contributed by atoms with Gasteiger partial charge in [-0.1, -0.05) is 19.9 Å². The number of aromatic hydroxyl groups is 1. The summed E-state index contributed by atoms with van der Waals surface area (Å²) in [6.45, 7) is 3.36. The summed E-state index contributed by atoms with van der Waals surface area (Å²) >= 11 is 0. The molecule has 0 saturated heterocycles. The van der Waals surface area contributed by atoms with Crippen molar-refractivity contribution in [1.82, 2.24) is 4.98 Å². The summed E-state index contributed by atoms with van der Waals surface area (Å²) in [5, 5.41) is 11.9. The molecule has 0 spiro atoms. The highest BCUT2D eigenvalue weighted by molar-refractivity contribution is 6.03. The van der Waals surface area contributed by atoms with Gasteiger partial charge in [0.25, 0.3) is 5.91 Å². The second-order valence-electron chi connectivity index (χ2n) is 7.54. The first-order valence-corrected chi connectivity index (χ1v) is 9.83. The molecule has 11 heteroatoms. The van der Waals surface area contributed by atoms with E-state index in [1.807, 2.05) is 5.32 Å². The Morgan fingerprint density at radius 1 is 0.971 bits per heavy atom. The second-order valence-corrected chi connectivity index (χ2v) is 7.54. The summed E-state index contributed by atoms with van der Waals surface area (Å²) in [6.07, 6.45) is -9.26. The quantitative estimate of drug-likeness (QED) is 0.383. The van der Waals surface area contributed by atoms with Crippen molar-refractivity contribution >= 4 is 11.6 Å². The Labute approximate surface area is 190 Å². The number of hydrogen-bond acceptors (Lipinski definition) is 4. The molecule has 0 radical (unpaired) electrons. The van der Waals surface area contributed by atoms with Crippen LogP contribution in [-0.4, -0.2) is 16.0 Å². The van der Waals surface area contributed by atoms with Crippen LogP contribution in [0, 0.1) is 0 Å². The summed E-state index contributed by atoms with van der Waals surface area (Å²) in [5.41, 5.74) is -4.14. The predicted molar refractivity (Wildman–Crippen MR) is 111 cm³/mol. The fourth-order valence-electron chi connectivity index (χ4n) is 3.10. The molecule has 180 valence electrons. The standard InChI is InChI=1S/C23H18F6N2O3/c1-12(2)15-11-14(6-7-19(15)32)34-20-16(22(24,25)26)9-13(10-17(20)23(27,28)29)31-21(33)18-5-3-4-8-30-18/h3-12,32H,1-2H3,(H,31,33). The highest BCUT2D eigenvalue weighted by Crippen LogP contribution is 2.48. The van der Waals surface area contributed by atoms with Gasteiger partial charge in [0, 0.05) is 17.4 Å². The van der Waals surface area contributed by atoms with Crippen molar-refractivity contribution in [3.05, 3.63) is 77.1 Å². The normalized spacial score (nSPS) is 12.0. The number of pyridine rings is 1. The number of phenolic OH excluding ortho intramolecular Hbond substituents is 1. The van der Waals surface area contributed by atoms with E-state index in [0.29, 0.717) is 12.1 Å². The van der Waals surface area contributed by atoms with E-state index in [1.54, 1.807) is 13.8 Å². The van der Waals surface area contributed by atoms with Crippen LogP contribution in [0.2, 0.25) is 0 Å². The zero-order valence-corrected chi connectivity index (χ0v) is 17.8. The molecule has 5 nitrogen and oxygen atoms in total. The predicted octanol–water partition coefficient (Wildman–Crippen LogP) is 6.99. The van der Waals surface area contributed by atoms with Crippen LogP contribution < -0.4 is 10.1 Å². The van der Waals surface area contributed by atoms with E-state index in [2.05, 4.69) is 4.98 Å². The first kappa shape index (κ1) is 24.9. The zero-order valence-electron chi connectivity index (χ0n) is 17.8. The van der Waals surface area contributed by atoms with Crippen LogP contribution in [0.1, 0.15) is 46.9 Å². The van der Waals surface area contributed by atoms with Crippen molar-refractivity contribution in [2.75, 3.05) is 5.32 Å². The van der Waals surface area contributed by atoms with Crippen molar-refractivity contribution < 1.29 is 41.0 Å². The van der Waals surface area contributed by atoms with Gasteiger partial charge < -0.3 is 15.2 Å². The summed E-state index contributed by atoms with van der Waals surface area (Å²) < 4.78 is 88.0. The van der Waals surface area contributed by atoms with Crippen molar-refractivity contribution in [2.24, 2.45) is 0 Å². The van der Waals surface area contributed by atoms with Crippen molar-refractivity contribution in [1.29, 1.82) is 0 Å². The minimum atomic E-state index is -5.25. The Balaban J connectivity index is 2.13. The molecule has 0 saturated carbocycles. The highest BCUT2D eigenvalue weighted by atomic mass is 19.4. The summed E-state index contributed by atoms with van der Waals surface area (Å²) in [5.74, 6) is -3.26. The van der Waals surface area contributed by atoms with Gasteiger partial charge in [0.2, 0.25) is 0 Å². The van der Waals surface area contributed by atoms with Gasteiger partial charge >= 0.3 is 12.4 Å². The van der Waals surface area contributed by atoms with Crippen molar-refractivity contribution in [3.8, 4) is 17.2 Å². The largest absolute Gasteiger partial charge is 0.508 e. The number of carbonyl (C=O) groups is 1. The molecule has 2 N–H and O–H groups in total. The van der Waals surface area contributed by atoms with Gasteiger partial charge in [0.05, 0.1) is 0 Å². The summed E-state index contributed by atoms with van der Waals surface area (Å²) in [4.78, 5) is 16.0. The van der Waals surface area contributed by atoms with Gasteiger partial charge in [-0.15, -0.1) is 0 Å². The third-order valence-electron chi connectivity index (χ3n) is 4.70. The third kappa shape index (κ3) is 5.59. The number of nitrogens with zero attached hydrogens (tertiary/aromatic N) is 1. The number of phenols is 1. The number of anilines is 1. The van der Waals surface area contributed by atoms with Crippen LogP contribution in [0.25, 0.3) is 0 Å². The first-order valence-electron chi connectivity index (χ1n) is 9.83. The number of aromatic nitrogens is 1. The smallest absolute Gasteiger partial charge is 0.420 e. The minimum Gasteiger partial charge on any atom is -0.508 e. The van der Waals surface area contributed by atoms with Crippen molar-refractivity contribution in [3.63, 3.8) is 0 Å². The molecule has 1 amide bonds. The Bertz CT molecular complexity index is 1160. The molecule has 0 aliphatic heterocycles. The van der Waals surface area contributed by atoms with Gasteiger partial charge in [-0.3, -0.25) is 9.78 Å². The van der Waals surface area contributed by atoms with E-state index in [-0.39, 0.29) is 28.7 Å². The lowest BCUT2D eigenvalue weighted by Crippen LogP contribution is -2.18. The Hall–Kier alpha value is -3.76. The molecule has 0 bridgehead atoms. The molecule has 3 aromatic rings. The zero-order chi connectivity index (χ0) is 25.3. The average Bonchev–Trinajstić information content (AvgIpc) is 2.74. The first-order chi connectivity index (χ1) is 15.8. The maximum absolute atomic E-state index is 13.8. The van der Waals surface area contributed by atoms with E-state index in [0.717, 1.165) is 18.2 Å². The number of amides is 1. The molecule has 0 fully saturated rings. The van der Waals surface area contributed by atoms with Crippen LogP contribution in [-0.2, 0) is 12.4 Å². The lowest BCUT2D eigenvalue weighted by molar-refractivity contribution is -0.144. The van der Waals surface area contributed by atoms with E-state index in [4.69, 9.17) is 4.74 Å². The average molecular weight is 484 g/mol. The van der Waals surface area contributed by atoms with Crippen LogP contribution >= 0.6 is 0 Å². The Morgan fingerprint density at radius 2 is 1.59 bits per heavy atom. The van der Waals surface area contributed by atoms with Gasteiger partial charge in [-0.05, 0) is 48.4 Å². The third-order valence-corrected chi connectivity index (χ3v) is 4.70. The Kier molecular flexibility index (Phi) is 6.76. The maximum Gasteiger partial charge on any atom is 0.420 e. The van der Waals surface area contributed by atoms with E-state index < -0.39 is 40.8 Å². The number of benzene rings is 2. The monoisotopic (exact) mass is 484 g/mol. The molecule has 1 aromatic heterocycles. The molecule has 0 aliphatic carbocycles. The van der Waals surface area contributed by atoms with Crippen LogP contribution in [0.4, 0.5) is 32.0 Å². The maximum atomic E-state index is 13.8. The van der Waals surface area contributed by atoms with Gasteiger partial charge in [-0.2, -0.15) is 26.3 Å². The molecule has 1 heterocycles. The summed E-state index contributed by atoms with van der Waals surface area (Å²) in [7, 11) is 0. The number of nitrogens with one attached hydrogen (secondary N) is 1. The lowest BCUT2D eigenvalue weighted by Gasteiger charge is -2.21.